The van der Waals surface area contributed by atoms with E-state index in [1.165, 1.54) is 4.88 Å². The minimum Gasteiger partial charge on any atom is -0.337 e. The number of thiazole rings is 1. The van der Waals surface area contributed by atoms with E-state index >= 15 is 0 Å². The van der Waals surface area contributed by atoms with Gasteiger partial charge in [0.05, 0.1) is 10.7 Å². The van der Waals surface area contributed by atoms with E-state index in [1.807, 2.05) is 23.2 Å². The van der Waals surface area contributed by atoms with E-state index < -0.39 is 0 Å². The van der Waals surface area contributed by atoms with Gasteiger partial charge in [0.2, 0.25) is 0 Å². The zero-order valence-electron chi connectivity index (χ0n) is 14.0. The number of amides is 1. The molecule has 3 aromatic heterocycles. The molecular formula is C18H19N5OS. The summed E-state index contributed by atoms with van der Waals surface area (Å²) < 4.78 is 0. The number of H-pyrrole nitrogens is 1. The Morgan fingerprint density at radius 3 is 3.08 bits per heavy atom. The van der Waals surface area contributed by atoms with Crippen LogP contribution in [-0.4, -0.2) is 44.1 Å². The first kappa shape index (κ1) is 16.0. The Hall–Kier alpha value is -2.54. The number of hydrogen-bond donors (Lipinski definition) is 1. The molecule has 1 amide bonds. The molecule has 0 unspecified atom stereocenters. The third-order valence-corrected chi connectivity index (χ3v) is 5.54. The van der Waals surface area contributed by atoms with Crippen molar-refractivity contribution in [3.05, 3.63) is 52.4 Å². The first-order chi connectivity index (χ1) is 12.2. The predicted octanol–water partition coefficient (Wildman–Crippen LogP) is 3.26. The molecule has 1 N–H and O–H groups in total. The lowest BCUT2D eigenvalue weighted by Gasteiger charge is -2.31. The van der Waals surface area contributed by atoms with Crippen LogP contribution in [0.15, 0.2) is 36.8 Å². The van der Waals surface area contributed by atoms with Crippen LogP contribution in [0.3, 0.4) is 0 Å². The highest BCUT2D eigenvalue weighted by molar-refractivity contribution is 7.11. The Balaban J connectivity index is 1.50. The average molecular weight is 353 g/mol. The van der Waals surface area contributed by atoms with E-state index in [1.54, 1.807) is 29.8 Å². The largest absolute Gasteiger partial charge is 0.337 e. The number of pyridine rings is 1. The van der Waals surface area contributed by atoms with Crippen LogP contribution in [0.1, 0.15) is 39.1 Å². The van der Waals surface area contributed by atoms with E-state index in [9.17, 15) is 4.79 Å². The van der Waals surface area contributed by atoms with Crippen molar-refractivity contribution in [2.24, 2.45) is 0 Å². The highest BCUT2D eigenvalue weighted by Gasteiger charge is 2.28. The summed E-state index contributed by atoms with van der Waals surface area (Å²) in [5.74, 6) is 0.331. The van der Waals surface area contributed by atoms with Crippen LogP contribution in [0.5, 0.6) is 0 Å². The van der Waals surface area contributed by atoms with Gasteiger partial charge in [-0.15, -0.1) is 11.3 Å². The molecule has 7 heteroatoms. The lowest BCUT2D eigenvalue weighted by Crippen LogP contribution is -2.39. The number of carbonyl (C=O) groups excluding carboxylic acids is 1. The van der Waals surface area contributed by atoms with Crippen LogP contribution in [0.25, 0.3) is 11.3 Å². The Morgan fingerprint density at radius 1 is 1.40 bits per heavy atom. The summed E-state index contributed by atoms with van der Waals surface area (Å²) in [6, 6.07) is 5.59. The molecule has 0 spiro atoms. The molecule has 0 aliphatic carbocycles. The summed E-state index contributed by atoms with van der Waals surface area (Å²) in [7, 11) is 0. The molecule has 0 saturated carbocycles. The van der Waals surface area contributed by atoms with Crippen molar-refractivity contribution in [3.8, 4) is 11.3 Å². The van der Waals surface area contributed by atoms with Crippen molar-refractivity contribution in [1.29, 1.82) is 0 Å². The third-order valence-electron chi connectivity index (χ3n) is 4.46. The maximum absolute atomic E-state index is 12.8. The topological polar surface area (TPSA) is 74.8 Å². The molecule has 25 heavy (non-hydrogen) atoms. The summed E-state index contributed by atoms with van der Waals surface area (Å²) in [5.41, 5.74) is 2.16. The number of likely N-dealkylation sites (tertiary alicyclic amines) is 1. The molecule has 1 atom stereocenters. The fourth-order valence-electron chi connectivity index (χ4n) is 3.19. The molecule has 6 nitrogen and oxygen atoms in total. The Labute approximate surface area is 149 Å². The molecule has 0 radical (unpaired) electrons. The molecule has 4 rings (SSSR count). The molecule has 0 bridgehead atoms. The van der Waals surface area contributed by atoms with E-state index in [0.29, 0.717) is 18.2 Å². The average Bonchev–Trinajstić information content (AvgIpc) is 3.31. The number of aromatic amines is 1. The van der Waals surface area contributed by atoms with Gasteiger partial charge < -0.3 is 4.90 Å². The maximum atomic E-state index is 12.8. The molecule has 4 heterocycles. The van der Waals surface area contributed by atoms with Crippen LogP contribution in [0, 0.1) is 6.92 Å². The maximum Gasteiger partial charge on any atom is 0.271 e. The summed E-state index contributed by atoms with van der Waals surface area (Å²) in [6.07, 6.45) is 7.46. The van der Waals surface area contributed by atoms with Gasteiger partial charge in [0, 0.05) is 48.0 Å². The van der Waals surface area contributed by atoms with Crippen LogP contribution < -0.4 is 0 Å². The third kappa shape index (κ3) is 3.32. The van der Waals surface area contributed by atoms with E-state index in [2.05, 4.69) is 27.1 Å². The van der Waals surface area contributed by atoms with Gasteiger partial charge in [-0.25, -0.2) is 4.98 Å². The van der Waals surface area contributed by atoms with Gasteiger partial charge in [-0.05, 0) is 38.0 Å². The standard InChI is InChI=1S/C18H19N5OS/c1-12-9-20-17(25-12)14-5-3-7-23(11-14)18(24)16-8-15(21-22-16)13-4-2-6-19-10-13/h2,4,6,8-10,14H,3,5,7,11H2,1H3,(H,21,22)/t14-/m1/s1. The number of aromatic nitrogens is 4. The van der Waals surface area contributed by atoms with Gasteiger partial charge >= 0.3 is 0 Å². The molecule has 1 saturated heterocycles. The summed E-state index contributed by atoms with van der Waals surface area (Å²) in [6.45, 7) is 3.56. The Morgan fingerprint density at radius 2 is 2.32 bits per heavy atom. The number of rotatable bonds is 3. The van der Waals surface area contributed by atoms with Gasteiger partial charge in [-0.2, -0.15) is 5.10 Å². The van der Waals surface area contributed by atoms with Crippen molar-refractivity contribution in [2.45, 2.75) is 25.7 Å². The van der Waals surface area contributed by atoms with Gasteiger partial charge in [-0.3, -0.25) is 14.9 Å². The van der Waals surface area contributed by atoms with Crippen molar-refractivity contribution >= 4 is 17.2 Å². The van der Waals surface area contributed by atoms with Crippen molar-refractivity contribution in [2.75, 3.05) is 13.1 Å². The smallest absolute Gasteiger partial charge is 0.271 e. The molecule has 0 aromatic carbocycles. The first-order valence-electron chi connectivity index (χ1n) is 8.38. The number of nitrogens with one attached hydrogen (secondary N) is 1. The zero-order chi connectivity index (χ0) is 17.2. The highest BCUT2D eigenvalue weighted by Crippen LogP contribution is 2.30. The van der Waals surface area contributed by atoms with E-state index in [4.69, 9.17) is 0 Å². The van der Waals surface area contributed by atoms with Crippen molar-refractivity contribution < 1.29 is 4.79 Å². The van der Waals surface area contributed by atoms with Crippen LogP contribution in [0.2, 0.25) is 0 Å². The zero-order valence-corrected chi connectivity index (χ0v) is 14.8. The van der Waals surface area contributed by atoms with Crippen LogP contribution in [-0.2, 0) is 0 Å². The number of nitrogens with zero attached hydrogens (tertiary/aromatic N) is 4. The SMILES string of the molecule is Cc1cnc([C@@H]2CCCN(C(=O)c3cc(-c4cccnc4)n[nH]3)C2)s1. The normalized spacial score (nSPS) is 17.6. The number of hydrogen-bond acceptors (Lipinski definition) is 5. The van der Waals surface area contributed by atoms with Gasteiger partial charge in [0.1, 0.15) is 5.69 Å². The van der Waals surface area contributed by atoms with Crippen molar-refractivity contribution in [1.82, 2.24) is 25.1 Å². The fourth-order valence-corrected chi connectivity index (χ4v) is 4.09. The molecule has 3 aromatic rings. The van der Waals surface area contributed by atoms with Crippen molar-refractivity contribution in [3.63, 3.8) is 0 Å². The second-order valence-electron chi connectivity index (χ2n) is 6.31. The fraction of sp³-hybridized carbons (Fsp3) is 0.333. The van der Waals surface area contributed by atoms with Gasteiger partial charge in [0.25, 0.3) is 5.91 Å². The minimum absolute atomic E-state index is 0.000573. The van der Waals surface area contributed by atoms with Gasteiger partial charge in [0.15, 0.2) is 0 Å². The second kappa shape index (κ2) is 6.76. The Bertz CT molecular complexity index is 872. The Kier molecular flexibility index (Phi) is 4.31. The monoisotopic (exact) mass is 353 g/mol. The molecule has 128 valence electrons. The second-order valence-corrected chi connectivity index (χ2v) is 7.57. The minimum atomic E-state index is 0.000573. The number of aryl methyl sites for hydroxylation is 1. The summed E-state index contributed by atoms with van der Waals surface area (Å²) in [4.78, 5) is 24.6. The number of carbonyl (C=O) groups is 1. The van der Waals surface area contributed by atoms with E-state index in [0.717, 1.165) is 35.7 Å². The first-order valence-corrected chi connectivity index (χ1v) is 9.20. The van der Waals surface area contributed by atoms with Crippen LogP contribution >= 0.6 is 11.3 Å². The van der Waals surface area contributed by atoms with E-state index in [-0.39, 0.29) is 5.91 Å². The molecule has 1 fully saturated rings. The predicted molar refractivity (Wildman–Crippen MR) is 96.5 cm³/mol. The lowest BCUT2D eigenvalue weighted by molar-refractivity contribution is 0.0701. The molecule has 1 aliphatic rings. The highest BCUT2D eigenvalue weighted by atomic mass is 32.1. The van der Waals surface area contributed by atoms with Crippen LogP contribution in [0.4, 0.5) is 0 Å². The van der Waals surface area contributed by atoms with Gasteiger partial charge in [-0.1, -0.05) is 0 Å². The number of piperidine rings is 1. The quantitative estimate of drug-likeness (QED) is 0.784. The molecule has 1 aliphatic heterocycles. The summed E-state index contributed by atoms with van der Waals surface area (Å²) >= 11 is 1.73. The lowest BCUT2D eigenvalue weighted by atomic mass is 9.98. The summed E-state index contributed by atoms with van der Waals surface area (Å²) in [5, 5.41) is 8.27. The molecular weight excluding hydrogens is 334 g/mol.